The van der Waals surface area contributed by atoms with Crippen LogP contribution in [0.25, 0.3) is 0 Å². The van der Waals surface area contributed by atoms with Crippen molar-refractivity contribution < 1.29 is 22.4 Å². The second-order valence-corrected chi connectivity index (χ2v) is 10.6. The second kappa shape index (κ2) is 12.5. The van der Waals surface area contributed by atoms with Crippen LogP contribution in [-0.4, -0.2) is 43.8 Å². The molecule has 9 heteroatoms. The number of hydrogen-bond acceptors (Lipinski definition) is 4. The summed E-state index contributed by atoms with van der Waals surface area (Å²) in [7, 11) is -4.30. The lowest BCUT2D eigenvalue weighted by molar-refractivity contribution is -0.139. The van der Waals surface area contributed by atoms with Crippen LogP contribution < -0.4 is 9.62 Å². The average molecular weight is 526 g/mol. The van der Waals surface area contributed by atoms with Crippen LogP contribution in [0.1, 0.15) is 32.8 Å². The molecule has 0 radical (unpaired) electrons. The van der Waals surface area contributed by atoms with Crippen LogP contribution in [0.5, 0.6) is 0 Å². The molecule has 0 saturated carbocycles. The van der Waals surface area contributed by atoms with Crippen LogP contribution in [0, 0.1) is 5.82 Å². The zero-order valence-corrected chi connectivity index (χ0v) is 22.0. The molecule has 0 aliphatic heterocycles. The molecule has 3 rings (SSSR count). The SMILES string of the molecule is CC[C@H](C)NC(=O)[C@@H](C)N(Cc1ccccc1)C(=O)CN(c1ccccc1F)S(=O)(=O)c1ccccc1. The quantitative estimate of drug-likeness (QED) is 0.403. The summed E-state index contributed by atoms with van der Waals surface area (Å²) in [5.41, 5.74) is 0.512. The van der Waals surface area contributed by atoms with Gasteiger partial charge in [0.05, 0.1) is 10.6 Å². The highest BCUT2D eigenvalue weighted by atomic mass is 32.2. The molecule has 0 aliphatic carbocycles. The molecule has 2 amide bonds. The number of carbonyl (C=O) groups is 2. The van der Waals surface area contributed by atoms with Crippen LogP contribution in [0.2, 0.25) is 0 Å². The second-order valence-electron chi connectivity index (χ2n) is 8.78. The fraction of sp³-hybridized carbons (Fsp3) is 0.286. The molecule has 0 saturated heterocycles. The van der Waals surface area contributed by atoms with Crippen molar-refractivity contribution >= 4 is 27.5 Å². The van der Waals surface area contributed by atoms with Gasteiger partial charge in [-0.3, -0.25) is 13.9 Å². The summed E-state index contributed by atoms with van der Waals surface area (Å²) >= 11 is 0. The van der Waals surface area contributed by atoms with Crippen molar-refractivity contribution in [3.63, 3.8) is 0 Å². The number of hydrogen-bond donors (Lipinski definition) is 1. The highest BCUT2D eigenvalue weighted by Crippen LogP contribution is 2.26. The van der Waals surface area contributed by atoms with Gasteiger partial charge >= 0.3 is 0 Å². The van der Waals surface area contributed by atoms with E-state index in [0.717, 1.165) is 15.9 Å². The molecule has 2 atom stereocenters. The molecule has 1 N–H and O–H groups in total. The summed E-state index contributed by atoms with van der Waals surface area (Å²) < 4.78 is 42.8. The van der Waals surface area contributed by atoms with Gasteiger partial charge < -0.3 is 10.2 Å². The smallest absolute Gasteiger partial charge is 0.264 e. The van der Waals surface area contributed by atoms with Crippen molar-refractivity contribution in [2.45, 2.75) is 50.7 Å². The van der Waals surface area contributed by atoms with Crippen molar-refractivity contribution in [3.8, 4) is 0 Å². The van der Waals surface area contributed by atoms with E-state index in [9.17, 15) is 22.4 Å². The number of nitrogens with zero attached hydrogens (tertiary/aromatic N) is 2. The van der Waals surface area contributed by atoms with Gasteiger partial charge in [-0.2, -0.15) is 0 Å². The number of nitrogens with one attached hydrogen (secondary N) is 1. The van der Waals surface area contributed by atoms with E-state index in [1.807, 2.05) is 44.2 Å². The maximum absolute atomic E-state index is 14.9. The fourth-order valence-corrected chi connectivity index (χ4v) is 5.16. The maximum atomic E-state index is 14.9. The zero-order chi connectivity index (χ0) is 27.0. The van der Waals surface area contributed by atoms with Crippen LogP contribution >= 0.6 is 0 Å². The molecule has 196 valence electrons. The van der Waals surface area contributed by atoms with E-state index in [1.54, 1.807) is 25.1 Å². The summed E-state index contributed by atoms with van der Waals surface area (Å²) in [4.78, 5) is 28.0. The van der Waals surface area contributed by atoms with E-state index < -0.39 is 34.3 Å². The number of benzene rings is 3. The Morgan fingerprint density at radius 1 is 0.892 bits per heavy atom. The van der Waals surface area contributed by atoms with Crippen molar-refractivity contribution in [1.82, 2.24) is 10.2 Å². The Morgan fingerprint density at radius 3 is 2.05 bits per heavy atom. The minimum Gasteiger partial charge on any atom is -0.352 e. The Balaban J connectivity index is 2.01. The molecule has 0 bridgehead atoms. The third-order valence-corrected chi connectivity index (χ3v) is 7.87. The number of para-hydroxylation sites is 1. The largest absolute Gasteiger partial charge is 0.352 e. The van der Waals surface area contributed by atoms with Gasteiger partial charge in [0.1, 0.15) is 18.4 Å². The monoisotopic (exact) mass is 525 g/mol. The number of halogens is 1. The highest BCUT2D eigenvalue weighted by molar-refractivity contribution is 7.92. The number of sulfonamides is 1. The van der Waals surface area contributed by atoms with Crippen molar-refractivity contribution in [1.29, 1.82) is 0 Å². The van der Waals surface area contributed by atoms with E-state index in [1.165, 1.54) is 35.2 Å². The van der Waals surface area contributed by atoms with E-state index in [-0.39, 0.29) is 29.1 Å². The molecule has 3 aromatic carbocycles. The first-order chi connectivity index (χ1) is 17.6. The predicted octanol–water partition coefficient (Wildman–Crippen LogP) is 4.35. The number of rotatable bonds is 11. The molecule has 0 spiro atoms. The fourth-order valence-electron chi connectivity index (χ4n) is 3.72. The number of anilines is 1. The van der Waals surface area contributed by atoms with Crippen LogP contribution in [-0.2, 0) is 26.2 Å². The normalized spacial score (nSPS) is 12.9. The molecular weight excluding hydrogens is 493 g/mol. The van der Waals surface area contributed by atoms with Gasteiger partial charge in [0.2, 0.25) is 11.8 Å². The van der Waals surface area contributed by atoms with E-state index in [2.05, 4.69) is 5.32 Å². The van der Waals surface area contributed by atoms with Crippen molar-refractivity contribution in [2.75, 3.05) is 10.8 Å². The standard InChI is InChI=1S/C28H32FN3O4S/c1-4-21(2)30-28(34)22(3)31(19-23-13-7-5-8-14-23)27(33)20-32(26-18-12-11-17-25(26)29)37(35,36)24-15-9-6-10-16-24/h5-18,21-22H,4,19-20H2,1-3H3,(H,30,34)/t21-,22+/m0/s1. The van der Waals surface area contributed by atoms with Crippen LogP contribution in [0.3, 0.4) is 0 Å². The van der Waals surface area contributed by atoms with Crippen molar-refractivity contribution in [3.05, 3.63) is 96.3 Å². The predicted molar refractivity (Wildman–Crippen MR) is 142 cm³/mol. The van der Waals surface area contributed by atoms with Gasteiger partial charge in [0.25, 0.3) is 10.0 Å². The topological polar surface area (TPSA) is 86.8 Å². The molecular formula is C28H32FN3O4S. The minimum absolute atomic E-state index is 0.0747. The first-order valence-corrected chi connectivity index (χ1v) is 13.5. The van der Waals surface area contributed by atoms with Gasteiger partial charge in [-0.1, -0.05) is 67.6 Å². The first kappa shape index (κ1) is 27.9. The Morgan fingerprint density at radius 2 is 1.46 bits per heavy atom. The zero-order valence-electron chi connectivity index (χ0n) is 21.2. The Hall–Kier alpha value is -3.72. The highest BCUT2D eigenvalue weighted by Gasteiger charge is 2.33. The minimum atomic E-state index is -4.30. The molecule has 0 heterocycles. The Bertz CT molecular complexity index is 1300. The van der Waals surface area contributed by atoms with E-state index in [0.29, 0.717) is 6.42 Å². The summed E-state index contributed by atoms with van der Waals surface area (Å²) in [6.45, 7) is 4.78. The lowest BCUT2D eigenvalue weighted by atomic mass is 10.1. The third kappa shape index (κ3) is 6.95. The Kier molecular flexibility index (Phi) is 9.41. The molecule has 37 heavy (non-hydrogen) atoms. The van der Waals surface area contributed by atoms with Crippen LogP contribution in [0.15, 0.2) is 89.8 Å². The summed E-state index contributed by atoms with van der Waals surface area (Å²) in [5.74, 6) is -1.78. The van der Waals surface area contributed by atoms with E-state index in [4.69, 9.17) is 0 Å². The molecule has 0 aromatic heterocycles. The summed E-state index contributed by atoms with van der Waals surface area (Å²) in [5, 5.41) is 2.88. The number of amides is 2. The van der Waals surface area contributed by atoms with Gasteiger partial charge in [-0.25, -0.2) is 12.8 Å². The average Bonchev–Trinajstić information content (AvgIpc) is 2.91. The van der Waals surface area contributed by atoms with Gasteiger partial charge in [0.15, 0.2) is 0 Å². The van der Waals surface area contributed by atoms with Gasteiger partial charge in [-0.15, -0.1) is 0 Å². The molecule has 0 fully saturated rings. The molecule has 0 aliphatic rings. The van der Waals surface area contributed by atoms with Crippen LogP contribution in [0.4, 0.5) is 10.1 Å². The molecule has 0 unspecified atom stereocenters. The lowest BCUT2D eigenvalue weighted by Gasteiger charge is -2.32. The van der Waals surface area contributed by atoms with Gasteiger partial charge in [-0.05, 0) is 50.1 Å². The molecule has 7 nitrogen and oxygen atoms in total. The van der Waals surface area contributed by atoms with E-state index >= 15 is 0 Å². The molecule has 3 aromatic rings. The third-order valence-electron chi connectivity index (χ3n) is 6.10. The Labute approximate surface area is 218 Å². The number of carbonyl (C=O) groups excluding carboxylic acids is 2. The maximum Gasteiger partial charge on any atom is 0.264 e. The summed E-state index contributed by atoms with van der Waals surface area (Å²) in [6, 6.07) is 21.0. The van der Waals surface area contributed by atoms with Crippen molar-refractivity contribution in [2.24, 2.45) is 0 Å². The summed E-state index contributed by atoms with van der Waals surface area (Å²) in [6.07, 6.45) is 0.710. The first-order valence-electron chi connectivity index (χ1n) is 12.1. The van der Waals surface area contributed by atoms with Gasteiger partial charge in [0, 0.05) is 12.6 Å². The lowest BCUT2D eigenvalue weighted by Crippen LogP contribution is -2.52.